The van der Waals surface area contributed by atoms with Crippen LogP contribution in [0.3, 0.4) is 0 Å². The molecule has 1 heterocycles. The highest BCUT2D eigenvalue weighted by Gasteiger charge is 2.27. The van der Waals surface area contributed by atoms with Crippen LogP contribution in [0.1, 0.15) is 53.1 Å². The Morgan fingerprint density at radius 1 is 1.10 bits per heavy atom. The molecular formula is C24H25F2N3O2. The molecule has 1 N–H and O–H groups in total. The van der Waals surface area contributed by atoms with Crippen molar-refractivity contribution in [1.29, 1.82) is 0 Å². The second-order valence-electron chi connectivity index (χ2n) is 8.00. The molecule has 1 aliphatic rings. The molecule has 0 spiro atoms. The monoisotopic (exact) mass is 425 g/mol. The van der Waals surface area contributed by atoms with E-state index < -0.39 is 11.6 Å². The second kappa shape index (κ2) is 8.98. The molecule has 7 heteroatoms. The van der Waals surface area contributed by atoms with Gasteiger partial charge in [0.15, 0.2) is 17.3 Å². The van der Waals surface area contributed by atoms with Crippen molar-refractivity contribution in [3.05, 3.63) is 82.2 Å². The maximum atomic E-state index is 13.7. The molecule has 1 aliphatic carbocycles. The van der Waals surface area contributed by atoms with Gasteiger partial charge in [-0.2, -0.15) is 5.10 Å². The van der Waals surface area contributed by atoms with Crippen molar-refractivity contribution in [2.45, 2.75) is 52.4 Å². The summed E-state index contributed by atoms with van der Waals surface area (Å²) >= 11 is 0. The minimum absolute atomic E-state index is 0.173. The van der Waals surface area contributed by atoms with Crippen LogP contribution in [-0.2, 0) is 30.7 Å². The van der Waals surface area contributed by atoms with Crippen molar-refractivity contribution in [3.8, 4) is 5.69 Å². The number of hydrogen-bond donors (Lipinski definition) is 1. The number of nitrogens with zero attached hydrogens (tertiary/aromatic N) is 2. The fourth-order valence-electron chi connectivity index (χ4n) is 3.73. The Morgan fingerprint density at radius 3 is 2.55 bits per heavy atom. The number of rotatable bonds is 7. The number of amides is 1. The van der Waals surface area contributed by atoms with Crippen LogP contribution in [0.25, 0.3) is 5.69 Å². The Balaban J connectivity index is 1.47. The Hall–Kier alpha value is -3.06. The molecule has 162 valence electrons. The number of fused-ring (bicyclic) bond motifs is 1. The average molecular weight is 425 g/mol. The number of carbonyl (C=O) groups excluding carboxylic acids is 1. The van der Waals surface area contributed by atoms with Crippen LogP contribution in [0, 0.1) is 11.6 Å². The van der Waals surface area contributed by atoms with Gasteiger partial charge >= 0.3 is 0 Å². The smallest absolute Gasteiger partial charge is 0.272 e. The number of aromatic nitrogens is 2. The van der Waals surface area contributed by atoms with E-state index in [2.05, 4.69) is 10.4 Å². The Labute approximate surface area is 180 Å². The third kappa shape index (κ3) is 4.66. The molecule has 0 aliphatic heterocycles. The minimum atomic E-state index is -0.937. The first-order valence-electron chi connectivity index (χ1n) is 10.5. The van der Waals surface area contributed by atoms with E-state index in [0.29, 0.717) is 24.5 Å². The lowest BCUT2D eigenvalue weighted by Crippen LogP contribution is -2.24. The van der Waals surface area contributed by atoms with Crippen LogP contribution in [0.15, 0.2) is 42.5 Å². The van der Waals surface area contributed by atoms with Crippen LogP contribution in [0.4, 0.5) is 8.78 Å². The van der Waals surface area contributed by atoms with Crippen LogP contribution in [0.5, 0.6) is 0 Å². The van der Waals surface area contributed by atoms with Gasteiger partial charge in [0.05, 0.1) is 18.4 Å². The summed E-state index contributed by atoms with van der Waals surface area (Å²) in [5.41, 5.74) is 4.56. The van der Waals surface area contributed by atoms with E-state index in [1.54, 1.807) is 4.68 Å². The molecule has 0 saturated heterocycles. The third-order valence-electron chi connectivity index (χ3n) is 5.35. The van der Waals surface area contributed by atoms with Crippen molar-refractivity contribution >= 4 is 5.91 Å². The van der Waals surface area contributed by atoms with E-state index in [4.69, 9.17) is 4.74 Å². The molecular weight excluding hydrogens is 400 g/mol. The lowest BCUT2D eigenvalue weighted by Gasteiger charge is -2.09. The molecule has 1 amide bonds. The molecule has 0 radical (unpaired) electrons. The van der Waals surface area contributed by atoms with Crippen LogP contribution in [0.2, 0.25) is 0 Å². The normalized spacial score (nSPS) is 12.9. The standard InChI is InChI=1S/C24H25F2N3O2/c1-15(2)31-14-17-8-6-16(7-9-17)13-27-24(30)23-19-4-3-5-22(19)29(28-23)18-10-11-20(25)21(26)12-18/h6-12,15H,3-5,13-14H2,1-2H3,(H,27,30). The van der Waals surface area contributed by atoms with E-state index in [-0.39, 0.29) is 12.0 Å². The number of nitrogens with one attached hydrogen (secondary N) is 1. The molecule has 3 aromatic rings. The molecule has 0 bridgehead atoms. The summed E-state index contributed by atoms with van der Waals surface area (Å²) in [6.45, 7) is 4.91. The van der Waals surface area contributed by atoms with Gasteiger partial charge in [0.25, 0.3) is 5.91 Å². The number of benzene rings is 2. The molecule has 0 saturated carbocycles. The van der Waals surface area contributed by atoms with E-state index in [9.17, 15) is 13.6 Å². The highest BCUT2D eigenvalue weighted by atomic mass is 19.2. The Morgan fingerprint density at radius 2 is 1.84 bits per heavy atom. The summed E-state index contributed by atoms with van der Waals surface area (Å²) in [7, 11) is 0. The molecule has 2 aromatic carbocycles. The summed E-state index contributed by atoms with van der Waals surface area (Å²) in [4.78, 5) is 12.8. The predicted molar refractivity (Wildman–Crippen MR) is 113 cm³/mol. The first kappa shape index (κ1) is 21.2. The zero-order valence-electron chi connectivity index (χ0n) is 17.6. The summed E-state index contributed by atoms with van der Waals surface area (Å²) < 4.78 is 34.2. The number of halogens is 2. The molecule has 0 unspecified atom stereocenters. The average Bonchev–Trinajstić information content (AvgIpc) is 3.36. The van der Waals surface area contributed by atoms with E-state index >= 15 is 0 Å². The molecule has 0 atom stereocenters. The zero-order valence-corrected chi connectivity index (χ0v) is 17.6. The minimum Gasteiger partial charge on any atom is -0.374 e. The van der Waals surface area contributed by atoms with Crippen LogP contribution in [-0.4, -0.2) is 21.8 Å². The van der Waals surface area contributed by atoms with Gasteiger partial charge in [-0.1, -0.05) is 24.3 Å². The first-order chi connectivity index (χ1) is 14.9. The number of ether oxygens (including phenoxy) is 1. The lowest BCUT2D eigenvalue weighted by molar-refractivity contribution is 0.0657. The summed E-state index contributed by atoms with van der Waals surface area (Å²) in [6, 6.07) is 11.5. The molecule has 5 nitrogen and oxygen atoms in total. The summed E-state index contributed by atoms with van der Waals surface area (Å²) in [6.07, 6.45) is 2.56. The summed E-state index contributed by atoms with van der Waals surface area (Å²) in [5.74, 6) is -2.12. The fourth-order valence-corrected chi connectivity index (χ4v) is 3.73. The highest BCUT2D eigenvalue weighted by Crippen LogP contribution is 2.28. The lowest BCUT2D eigenvalue weighted by atomic mass is 10.1. The van der Waals surface area contributed by atoms with E-state index in [1.165, 1.54) is 6.07 Å². The third-order valence-corrected chi connectivity index (χ3v) is 5.35. The van der Waals surface area contributed by atoms with Gasteiger partial charge in [0.1, 0.15) is 0 Å². The number of hydrogen-bond acceptors (Lipinski definition) is 3. The Kier molecular flexibility index (Phi) is 6.13. The van der Waals surface area contributed by atoms with Crippen molar-refractivity contribution in [1.82, 2.24) is 15.1 Å². The van der Waals surface area contributed by atoms with Crippen molar-refractivity contribution in [2.24, 2.45) is 0 Å². The van der Waals surface area contributed by atoms with Gasteiger partial charge in [0, 0.05) is 23.9 Å². The summed E-state index contributed by atoms with van der Waals surface area (Å²) in [5, 5.41) is 7.36. The largest absolute Gasteiger partial charge is 0.374 e. The molecule has 4 rings (SSSR count). The van der Waals surface area contributed by atoms with Gasteiger partial charge in [-0.15, -0.1) is 0 Å². The van der Waals surface area contributed by atoms with Crippen LogP contribution >= 0.6 is 0 Å². The molecule has 31 heavy (non-hydrogen) atoms. The van der Waals surface area contributed by atoms with Gasteiger partial charge in [-0.05, 0) is 56.4 Å². The van der Waals surface area contributed by atoms with Gasteiger partial charge in [0.2, 0.25) is 0 Å². The van der Waals surface area contributed by atoms with Crippen molar-refractivity contribution in [2.75, 3.05) is 0 Å². The second-order valence-corrected chi connectivity index (χ2v) is 8.00. The van der Waals surface area contributed by atoms with Crippen molar-refractivity contribution in [3.63, 3.8) is 0 Å². The topological polar surface area (TPSA) is 56.1 Å². The molecule has 1 aromatic heterocycles. The zero-order chi connectivity index (χ0) is 22.0. The van der Waals surface area contributed by atoms with Gasteiger partial charge < -0.3 is 10.1 Å². The predicted octanol–water partition coefficient (Wildman–Crippen LogP) is 4.49. The van der Waals surface area contributed by atoms with Crippen molar-refractivity contribution < 1.29 is 18.3 Å². The van der Waals surface area contributed by atoms with E-state index in [0.717, 1.165) is 53.8 Å². The van der Waals surface area contributed by atoms with E-state index in [1.807, 2.05) is 38.1 Å². The van der Waals surface area contributed by atoms with Gasteiger partial charge in [-0.3, -0.25) is 4.79 Å². The first-order valence-corrected chi connectivity index (χ1v) is 10.5. The number of carbonyl (C=O) groups is 1. The Bertz CT molecular complexity index is 1090. The molecule has 0 fully saturated rings. The quantitative estimate of drug-likeness (QED) is 0.607. The highest BCUT2D eigenvalue weighted by molar-refractivity contribution is 5.94. The fraction of sp³-hybridized carbons (Fsp3) is 0.333. The maximum Gasteiger partial charge on any atom is 0.272 e. The van der Waals surface area contributed by atoms with Crippen LogP contribution < -0.4 is 5.32 Å². The maximum absolute atomic E-state index is 13.7. The SMILES string of the molecule is CC(C)OCc1ccc(CNC(=O)c2nn(-c3ccc(F)c(F)c3)c3c2CCC3)cc1. The van der Waals surface area contributed by atoms with Gasteiger partial charge in [-0.25, -0.2) is 13.5 Å².